The summed E-state index contributed by atoms with van der Waals surface area (Å²) in [7, 11) is -3.64. The average molecular weight is 399 g/mol. The van der Waals surface area contributed by atoms with E-state index in [0.29, 0.717) is 0 Å². The molecule has 0 unspecified atom stereocenters. The Morgan fingerprint density at radius 2 is 1.85 bits per heavy atom. The molecule has 6 nitrogen and oxygen atoms in total. The van der Waals surface area contributed by atoms with Gasteiger partial charge in [0.15, 0.2) is 0 Å². The van der Waals surface area contributed by atoms with Gasteiger partial charge in [-0.3, -0.25) is 0 Å². The quantitative estimate of drug-likeness (QED) is 0.558. The third kappa shape index (κ3) is 3.51. The lowest BCUT2D eigenvalue weighted by Gasteiger charge is -2.08. The van der Waals surface area contributed by atoms with Gasteiger partial charge in [-0.25, -0.2) is 22.6 Å². The van der Waals surface area contributed by atoms with Crippen molar-refractivity contribution in [2.75, 3.05) is 0 Å². The van der Waals surface area contributed by atoms with Gasteiger partial charge in [0.25, 0.3) is 0 Å². The summed E-state index contributed by atoms with van der Waals surface area (Å²) in [5.74, 6) is 0. The summed E-state index contributed by atoms with van der Waals surface area (Å²) >= 11 is 1.48. The van der Waals surface area contributed by atoms with Gasteiger partial charge in [0.2, 0.25) is 15.0 Å². The maximum absolute atomic E-state index is 12.7. The second-order valence-electron chi connectivity index (χ2n) is 6.23. The van der Waals surface area contributed by atoms with Gasteiger partial charge in [-0.15, -0.1) is 0 Å². The van der Waals surface area contributed by atoms with Gasteiger partial charge in [-0.1, -0.05) is 53.8 Å². The number of aryl methyl sites for hydroxylation is 2. The molecule has 0 saturated heterocycles. The third-order valence-corrected chi connectivity index (χ3v) is 6.40. The molecule has 2 aromatic heterocycles. The fraction of sp³-hybridized carbons (Fsp3) is 0.158. The zero-order valence-electron chi connectivity index (χ0n) is 14.9. The maximum atomic E-state index is 12.7. The Morgan fingerprint density at radius 3 is 2.59 bits per heavy atom. The highest BCUT2D eigenvalue weighted by Crippen LogP contribution is 2.27. The van der Waals surface area contributed by atoms with Crippen LogP contribution in [0.4, 0.5) is 0 Å². The molecule has 0 aliphatic carbocycles. The molecule has 0 aliphatic rings. The van der Waals surface area contributed by atoms with E-state index >= 15 is 0 Å². The van der Waals surface area contributed by atoms with Crippen molar-refractivity contribution in [3.05, 3.63) is 70.9 Å². The molecular weight excluding hydrogens is 380 g/mol. The van der Waals surface area contributed by atoms with Crippen LogP contribution in [0.3, 0.4) is 0 Å². The fourth-order valence-electron chi connectivity index (χ4n) is 2.90. The van der Waals surface area contributed by atoms with E-state index in [4.69, 9.17) is 0 Å². The normalized spacial score (nSPS) is 11.9. The molecule has 0 atom stereocenters. The van der Waals surface area contributed by atoms with E-state index < -0.39 is 10.0 Å². The SMILES string of the molecule is Cc1cccc(S(=O)(=O)NCc2c(-c3ccccc3)nc3sc(C)nn23)c1. The van der Waals surface area contributed by atoms with Crippen molar-refractivity contribution in [3.8, 4) is 11.3 Å². The van der Waals surface area contributed by atoms with Crippen LogP contribution in [0.2, 0.25) is 0 Å². The van der Waals surface area contributed by atoms with Crippen molar-refractivity contribution in [2.45, 2.75) is 25.3 Å². The van der Waals surface area contributed by atoms with Crippen LogP contribution in [-0.4, -0.2) is 23.0 Å². The Bertz CT molecular complexity index is 1210. The molecule has 2 aromatic carbocycles. The third-order valence-electron chi connectivity index (χ3n) is 4.17. The number of sulfonamides is 1. The molecule has 27 heavy (non-hydrogen) atoms. The van der Waals surface area contributed by atoms with Gasteiger partial charge in [0.05, 0.1) is 22.8 Å². The van der Waals surface area contributed by atoms with E-state index in [-0.39, 0.29) is 11.4 Å². The number of hydrogen-bond donors (Lipinski definition) is 1. The number of benzene rings is 2. The topological polar surface area (TPSA) is 76.4 Å². The molecule has 1 N–H and O–H groups in total. The van der Waals surface area contributed by atoms with Crippen LogP contribution >= 0.6 is 11.3 Å². The predicted molar refractivity (Wildman–Crippen MR) is 106 cm³/mol. The van der Waals surface area contributed by atoms with Crippen LogP contribution in [0, 0.1) is 13.8 Å². The Kier molecular flexibility index (Phi) is 4.55. The molecule has 0 spiro atoms. The van der Waals surface area contributed by atoms with Crippen LogP contribution in [0.25, 0.3) is 16.2 Å². The Labute approximate surface area is 161 Å². The van der Waals surface area contributed by atoms with Crippen molar-refractivity contribution in [1.29, 1.82) is 0 Å². The molecule has 4 rings (SSSR count). The highest BCUT2D eigenvalue weighted by Gasteiger charge is 2.20. The van der Waals surface area contributed by atoms with E-state index in [1.54, 1.807) is 22.7 Å². The summed E-state index contributed by atoms with van der Waals surface area (Å²) in [6.45, 7) is 3.87. The van der Waals surface area contributed by atoms with Gasteiger partial charge in [0.1, 0.15) is 5.01 Å². The van der Waals surface area contributed by atoms with E-state index in [1.807, 2.05) is 50.2 Å². The predicted octanol–water partition coefficient (Wildman–Crippen LogP) is 3.55. The van der Waals surface area contributed by atoms with Crippen LogP contribution in [-0.2, 0) is 16.6 Å². The summed E-state index contributed by atoms with van der Waals surface area (Å²) in [4.78, 5) is 5.67. The van der Waals surface area contributed by atoms with Gasteiger partial charge in [0, 0.05) is 5.56 Å². The smallest absolute Gasteiger partial charge is 0.217 e. The molecule has 0 bridgehead atoms. The number of imidazole rings is 1. The first kappa shape index (κ1) is 17.8. The van der Waals surface area contributed by atoms with Crippen molar-refractivity contribution in [3.63, 3.8) is 0 Å². The lowest BCUT2D eigenvalue weighted by atomic mass is 10.1. The molecule has 0 fully saturated rings. The van der Waals surface area contributed by atoms with E-state index in [2.05, 4.69) is 14.8 Å². The Hall–Kier alpha value is -2.55. The summed E-state index contributed by atoms with van der Waals surface area (Å²) in [6, 6.07) is 16.6. The van der Waals surface area contributed by atoms with Crippen molar-refractivity contribution in [1.82, 2.24) is 19.3 Å². The van der Waals surface area contributed by atoms with Crippen LogP contribution < -0.4 is 4.72 Å². The number of aromatic nitrogens is 3. The summed E-state index contributed by atoms with van der Waals surface area (Å²) in [5.41, 5.74) is 3.28. The number of nitrogens with zero attached hydrogens (tertiary/aromatic N) is 3. The van der Waals surface area contributed by atoms with Crippen LogP contribution in [0.15, 0.2) is 59.5 Å². The highest BCUT2D eigenvalue weighted by atomic mass is 32.2. The monoisotopic (exact) mass is 398 g/mol. The first-order valence-corrected chi connectivity index (χ1v) is 10.7. The average Bonchev–Trinajstić information content (AvgIpc) is 3.17. The number of fused-ring (bicyclic) bond motifs is 1. The molecule has 8 heteroatoms. The molecule has 4 aromatic rings. The van der Waals surface area contributed by atoms with E-state index in [9.17, 15) is 8.42 Å². The number of nitrogens with one attached hydrogen (secondary N) is 1. The van der Waals surface area contributed by atoms with E-state index in [1.165, 1.54) is 11.3 Å². The minimum absolute atomic E-state index is 0.102. The van der Waals surface area contributed by atoms with Gasteiger partial charge in [-0.05, 0) is 31.5 Å². The summed E-state index contributed by atoms with van der Waals surface area (Å²) < 4.78 is 29.8. The standard InChI is InChI=1S/C19H18N4O2S2/c1-13-7-6-10-16(11-13)27(24,25)20-12-17-18(15-8-4-3-5-9-15)21-19-23(17)22-14(2)26-19/h3-11,20H,12H2,1-2H3. The Morgan fingerprint density at radius 1 is 1.07 bits per heavy atom. The Balaban J connectivity index is 1.73. The van der Waals surface area contributed by atoms with Crippen molar-refractivity contribution < 1.29 is 8.42 Å². The number of rotatable bonds is 5. The van der Waals surface area contributed by atoms with Gasteiger partial charge < -0.3 is 0 Å². The summed E-state index contributed by atoms with van der Waals surface area (Å²) in [6.07, 6.45) is 0. The minimum Gasteiger partial charge on any atom is -0.217 e. The van der Waals surface area contributed by atoms with Crippen LogP contribution in [0.1, 0.15) is 16.3 Å². The summed E-state index contributed by atoms with van der Waals surface area (Å²) in [5, 5.41) is 5.36. The first-order chi connectivity index (χ1) is 12.9. The molecule has 0 amide bonds. The van der Waals surface area contributed by atoms with Crippen LogP contribution in [0.5, 0.6) is 0 Å². The second kappa shape index (κ2) is 6.88. The fourth-order valence-corrected chi connectivity index (χ4v) is 4.75. The molecular formula is C19H18N4O2S2. The molecule has 2 heterocycles. The zero-order valence-corrected chi connectivity index (χ0v) is 16.5. The lowest BCUT2D eigenvalue weighted by Crippen LogP contribution is -2.24. The largest absolute Gasteiger partial charge is 0.240 e. The first-order valence-electron chi connectivity index (χ1n) is 8.41. The van der Waals surface area contributed by atoms with Crippen molar-refractivity contribution in [2.24, 2.45) is 0 Å². The second-order valence-corrected chi connectivity index (χ2v) is 9.16. The maximum Gasteiger partial charge on any atom is 0.240 e. The lowest BCUT2D eigenvalue weighted by molar-refractivity contribution is 0.579. The molecule has 0 saturated carbocycles. The van der Waals surface area contributed by atoms with Gasteiger partial charge in [-0.2, -0.15) is 5.10 Å². The number of hydrogen-bond acceptors (Lipinski definition) is 5. The van der Waals surface area contributed by atoms with Gasteiger partial charge >= 0.3 is 0 Å². The van der Waals surface area contributed by atoms with Crippen molar-refractivity contribution >= 4 is 26.3 Å². The minimum atomic E-state index is -3.64. The zero-order chi connectivity index (χ0) is 19.0. The molecule has 0 radical (unpaired) electrons. The molecule has 138 valence electrons. The highest BCUT2D eigenvalue weighted by molar-refractivity contribution is 7.89. The van der Waals surface area contributed by atoms with E-state index in [0.717, 1.165) is 32.5 Å². The molecule has 0 aliphatic heterocycles.